The van der Waals surface area contributed by atoms with Gasteiger partial charge in [0.15, 0.2) is 5.69 Å². The highest BCUT2D eigenvalue weighted by Gasteiger charge is 2.39. The quantitative estimate of drug-likeness (QED) is 0.733. The summed E-state index contributed by atoms with van der Waals surface area (Å²) >= 11 is 0. The zero-order valence-corrected chi connectivity index (χ0v) is 11.0. The van der Waals surface area contributed by atoms with Crippen molar-refractivity contribution in [2.24, 2.45) is 5.73 Å². The number of nitrogens with zero attached hydrogens (tertiary/aromatic N) is 2. The molecule has 0 saturated heterocycles. The first kappa shape index (κ1) is 13.7. The Morgan fingerprint density at radius 2 is 2.37 bits per heavy atom. The molecule has 7 nitrogen and oxygen atoms in total. The van der Waals surface area contributed by atoms with Crippen molar-refractivity contribution in [3.63, 3.8) is 0 Å². The van der Waals surface area contributed by atoms with E-state index >= 15 is 0 Å². The minimum absolute atomic E-state index is 0.0119. The second kappa shape index (κ2) is 5.94. The van der Waals surface area contributed by atoms with E-state index in [2.05, 4.69) is 20.0 Å². The SMILES string of the molecule is CCOC1CC(N)C1Nc1cncc(C(=O)OC)n1. The van der Waals surface area contributed by atoms with E-state index in [1.54, 1.807) is 6.20 Å². The van der Waals surface area contributed by atoms with Crippen LogP contribution in [0.3, 0.4) is 0 Å². The zero-order chi connectivity index (χ0) is 13.8. The Kier molecular flexibility index (Phi) is 4.28. The van der Waals surface area contributed by atoms with Gasteiger partial charge in [0.25, 0.3) is 0 Å². The topological polar surface area (TPSA) is 99.4 Å². The number of rotatable bonds is 5. The summed E-state index contributed by atoms with van der Waals surface area (Å²) in [6.45, 7) is 2.59. The molecule has 1 fully saturated rings. The molecule has 1 heterocycles. The van der Waals surface area contributed by atoms with Crippen LogP contribution in [0.15, 0.2) is 12.4 Å². The molecule has 3 atom stereocenters. The summed E-state index contributed by atoms with van der Waals surface area (Å²) in [6.07, 6.45) is 3.79. The fraction of sp³-hybridized carbons (Fsp3) is 0.583. The molecule has 104 valence electrons. The molecule has 3 N–H and O–H groups in total. The minimum Gasteiger partial charge on any atom is -0.464 e. The Bertz CT molecular complexity index is 452. The second-order valence-electron chi connectivity index (χ2n) is 4.34. The minimum atomic E-state index is -0.518. The van der Waals surface area contributed by atoms with Crippen LogP contribution in [-0.4, -0.2) is 47.8 Å². The highest BCUT2D eigenvalue weighted by atomic mass is 16.5. The first-order valence-electron chi connectivity index (χ1n) is 6.19. The van der Waals surface area contributed by atoms with Gasteiger partial charge in [-0.15, -0.1) is 0 Å². The molecule has 7 heteroatoms. The van der Waals surface area contributed by atoms with Gasteiger partial charge in [-0.3, -0.25) is 4.98 Å². The van der Waals surface area contributed by atoms with Gasteiger partial charge in [-0.05, 0) is 13.3 Å². The highest BCUT2D eigenvalue weighted by molar-refractivity contribution is 5.87. The molecule has 0 aromatic carbocycles. The Morgan fingerprint density at radius 1 is 1.58 bits per heavy atom. The summed E-state index contributed by atoms with van der Waals surface area (Å²) in [6, 6.07) is 0.00211. The van der Waals surface area contributed by atoms with Gasteiger partial charge in [-0.1, -0.05) is 0 Å². The standard InChI is InChI=1S/C12H18N4O3/c1-3-19-9-4-7(13)11(9)16-10-6-14-5-8(15-10)12(17)18-2/h5-7,9,11H,3-4,13H2,1-2H3,(H,15,16). The highest BCUT2D eigenvalue weighted by Crippen LogP contribution is 2.25. The van der Waals surface area contributed by atoms with Crippen LogP contribution >= 0.6 is 0 Å². The summed E-state index contributed by atoms with van der Waals surface area (Å²) < 4.78 is 10.1. The third kappa shape index (κ3) is 2.99. The average molecular weight is 266 g/mol. The Balaban J connectivity index is 2.04. The lowest BCUT2D eigenvalue weighted by molar-refractivity contribution is -0.0127. The molecule has 3 unspecified atom stereocenters. The lowest BCUT2D eigenvalue weighted by Crippen LogP contribution is -2.60. The molecule has 2 rings (SSSR count). The first-order chi connectivity index (χ1) is 9.15. The van der Waals surface area contributed by atoms with Crippen molar-refractivity contribution in [1.82, 2.24) is 9.97 Å². The number of nitrogens with two attached hydrogens (primary N) is 1. The van der Waals surface area contributed by atoms with Gasteiger partial charge >= 0.3 is 5.97 Å². The number of hydrogen-bond donors (Lipinski definition) is 2. The van der Waals surface area contributed by atoms with E-state index in [0.717, 1.165) is 6.42 Å². The fourth-order valence-electron chi connectivity index (χ4n) is 2.04. The number of nitrogens with one attached hydrogen (secondary N) is 1. The van der Waals surface area contributed by atoms with Crippen LogP contribution in [0.25, 0.3) is 0 Å². The average Bonchev–Trinajstić information content (AvgIpc) is 2.44. The van der Waals surface area contributed by atoms with Gasteiger partial charge in [0.05, 0.1) is 31.6 Å². The lowest BCUT2D eigenvalue weighted by Gasteiger charge is -2.42. The van der Waals surface area contributed by atoms with E-state index < -0.39 is 5.97 Å². The number of hydrogen-bond acceptors (Lipinski definition) is 7. The largest absolute Gasteiger partial charge is 0.464 e. The van der Waals surface area contributed by atoms with Crippen molar-refractivity contribution in [3.8, 4) is 0 Å². The van der Waals surface area contributed by atoms with E-state index in [1.807, 2.05) is 6.92 Å². The fourth-order valence-corrected chi connectivity index (χ4v) is 2.04. The lowest BCUT2D eigenvalue weighted by atomic mass is 9.83. The summed E-state index contributed by atoms with van der Waals surface area (Å²) in [5.74, 6) is -0.0248. The van der Waals surface area contributed by atoms with Crippen LogP contribution in [-0.2, 0) is 9.47 Å². The van der Waals surface area contributed by atoms with Gasteiger partial charge in [0, 0.05) is 12.6 Å². The van der Waals surface area contributed by atoms with E-state index in [1.165, 1.54) is 13.3 Å². The van der Waals surface area contributed by atoms with E-state index in [0.29, 0.717) is 12.4 Å². The molecule has 1 aliphatic rings. The van der Waals surface area contributed by atoms with Gasteiger partial charge in [-0.25, -0.2) is 9.78 Å². The first-order valence-corrected chi connectivity index (χ1v) is 6.19. The number of aromatic nitrogens is 2. The molecule has 0 bridgehead atoms. The number of ether oxygens (including phenoxy) is 2. The zero-order valence-electron chi connectivity index (χ0n) is 11.0. The smallest absolute Gasteiger partial charge is 0.358 e. The van der Waals surface area contributed by atoms with Gasteiger partial charge in [0.2, 0.25) is 0 Å². The number of anilines is 1. The van der Waals surface area contributed by atoms with Crippen LogP contribution in [0.2, 0.25) is 0 Å². The molecule has 1 aliphatic carbocycles. The van der Waals surface area contributed by atoms with E-state index in [-0.39, 0.29) is 23.9 Å². The van der Waals surface area contributed by atoms with E-state index in [4.69, 9.17) is 10.5 Å². The van der Waals surface area contributed by atoms with Gasteiger partial charge in [-0.2, -0.15) is 0 Å². The molecular formula is C12H18N4O3. The van der Waals surface area contributed by atoms with Crippen LogP contribution in [0.5, 0.6) is 0 Å². The molecule has 0 aliphatic heterocycles. The molecule has 1 aromatic heterocycles. The van der Waals surface area contributed by atoms with Crippen LogP contribution in [0, 0.1) is 0 Å². The predicted octanol–water partition coefficient (Wildman–Crippen LogP) is 0.180. The summed E-state index contributed by atoms with van der Waals surface area (Å²) in [7, 11) is 1.30. The molecule has 0 radical (unpaired) electrons. The Hall–Kier alpha value is -1.73. The van der Waals surface area contributed by atoms with Crippen LogP contribution < -0.4 is 11.1 Å². The summed E-state index contributed by atoms with van der Waals surface area (Å²) in [4.78, 5) is 19.5. The molecular weight excluding hydrogens is 248 g/mol. The number of carbonyl (C=O) groups excluding carboxylic acids is 1. The normalized spacial score (nSPS) is 25.5. The number of carbonyl (C=O) groups is 1. The summed E-state index contributed by atoms with van der Waals surface area (Å²) in [5, 5.41) is 3.15. The maximum atomic E-state index is 11.4. The number of esters is 1. The second-order valence-corrected chi connectivity index (χ2v) is 4.34. The van der Waals surface area contributed by atoms with Crippen molar-refractivity contribution in [2.75, 3.05) is 19.0 Å². The third-order valence-corrected chi connectivity index (χ3v) is 3.09. The van der Waals surface area contributed by atoms with Crippen molar-refractivity contribution >= 4 is 11.8 Å². The van der Waals surface area contributed by atoms with Crippen LogP contribution in [0.4, 0.5) is 5.82 Å². The van der Waals surface area contributed by atoms with Gasteiger partial charge in [0.1, 0.15) is 5.82 Å². The van der Waals surface area contributed by atoms with Gasteiger partial charge < -0.3 is 20.5 Å². The molecule has 1 saturated carbocycles. The molecule has 0 amide bonds. The molecule has 1 aromatic rings. The Labute approximate surface area is 111 Å². The van der Waals surface area contributed by atoms with Crippen molar-refractivity contribution in [2.45, 2.75) is 31.5 Å². The maximum absolute atomic E-state index is 11.4. The monoisotopic (exact) mass is 266 g/mol. The van der Waals surface area contributed by atoms with Crippen molar-refractivity contribution in [3.05, 3.63) is 18.1 Å². The van der Waals surface area contributed by atoms with Crippen LogP contribution in [0.1, 0.15) is 23.8 Å². The third-order valence-electron chi connectivity index (χ3n) is 3.09. The Morgan fingerprint density at radius 3 is 3.00 bits per heavy atom. The molecule has 19 heavy (non-hydrogen) atoms. The van der Waals surface area contributed by atoms with Crippen molar-refractivity contribution in [1.29, 1.82) is 0 Å². The maximum Gasteiger partial charge on any atom is 0.358 e. The predicted molar refractivity (Wildman–Crippen MR) is 68.8 cm³/mol. The molecule has 0 spiro atoms. The summed E-state index contributed by atoms with van der Waals surface area (Å²) in [5.41, 5.74) is 6.09. The van der Waals surface area contributed by atoms with E-state index in [9.17, 15) is 4.79 Å². The number of methoxy groups -OCH3 is 1. The van der Waals surface area contributed by atoms with Crippen molar-refractivity contribution < 1.29 is 14.3 Å².